The minimum Gasteiger partial charge on any atom is -0.244 e. The molecule has 0 radical (unpaired) electrons. The highest BCUT2D eigenvalue weighted by atomic mass is 19.2. The normalized spacial score (nSPS) is 17.0. The largest absolute Gasteiger partial charge is 0.244 e. The zero-order valence-electron chi connectivity index (χ0n) is 91.6. The fourth-order valence-corrected chi connectivity index (χ4v) is 18.0. The Morgan fingerprint density at radius 2 is 0.479 bits per heavy atom. The van der Waals surface area contributed by atoms with E-state index < -0.39 is 39.7 Å². The summed E-state index contributed by atoms with van der Waals surface area (Å²) in [4.78, 5) is 0. The predicted octanol–water partition coefficient (Wildman–Crippen LogP) is 41.6. The third kappa shape index (κ3) is 63.2. The maximum atomic E-state index is 15.4. The highest BCUT2D eigenvalue weighted by molar-refractivity contribution is 5.03. The van der Waals surface area contributed by atoms with Gasteiger partial charge in [0.05, 0.1) is 0 Å². The van der Waals surface area contributed by atoms with E-state index in [1.165, 1.54) is 38.5 Å². The molecule has 0 unspecified atom stereocenters. The first kappa shape index (κ1) is 134. The smallest absolute Gasteiger partial charge is 0.118 e. The second-order valence-corrected chi connectivity index (χ2v) is 49.0. The molecule has 3 saturated carbocycles. The number of alkyl halides is 7. The molecule has 0 amide bonds. The van der Waals surface area contributed by atoms with Gasteiger partial charge >= 0.3 is 0 Å². The fourth-order valence-electron chi connectivity index (χ4n) is 18.0. The van der Waals surface area contributed by atoms with Gasteiger partial charge in [-0.25, -0.2) is 30.7 Å². The highest BCUT2D eigenvalue weighted by Crippen LogP contribution is 2.54. The molecule has 0 N–H and O–H groups in total. The predicted molar refractivity (Wildman–Crippen MR) is 527 cm³/mol. The zero-order valence-corrected chi connectivity index (χ0v) is 91.6. The maximum Gasteiger partial charge on any atom is 0.118 e. The molecular formula is C110H231F7. The van der Waals surface area contributed by atoms with Crippen molar-refractivity contribution >= 4 is 0 Å². The average Bonchev–Trinajstić information content (AvgIpc) is 1.73. The van der Waals surface area contributed by atoms with Gasteiger partial charge in [-0.3, -0.25) is 0 Å². The van der Waals surface area contributed by atoms with E-state index in [4.69, 9.17) is 0 Å². The molecule has 0 spiro atoms. The van der Waals surface area contributed by atoms with E-state index in [0.717, 1.165) is 140 Å². The Morgan fingerprint density at radius 3 is 0.590 bits per heavy atom. The number of hydrogen-bond donors (Lipinski definition) is 0. The third-order valence-electron chi connectivity index (χ3n) is 28.5. The van der Waals surface area contributed by atoms with Gasteiger partial charge in [0.15, 0.2) is 0 Å². The van der Waals surface area contributed by atoms with Gasteiger partial charge in [-0.15, -0.1) is 0 Å². The van der Waals surface area contributed by atoms with Crippen LogP contribution in [-0.2, 0) is 0 Å². The van der Waals surface area contributed by atoms with Crippen LogP contribution in [0.4, 0.5) is 30.7 Å². The van der Waals surface area contributed by atoms with Crippen LogP contribution in [0.25, 0.3) is 0 Å². The lowest BCUT2D eigenvalue weighted by Crippen LogP contribution is -2.51. The molecule has 0 aromatic heterocycles. The average molecular weight is 1690 g/mol. The van der Waals surface area contributed by atoms with Gasteiger partial charge in [0.1, 0.15) is 39.7 Å². The van der Waals surface area contributed by atoms with E-state index in [0.29, 0.717) is 68.0 Å². The lowest BCUT2D eigenvalue weighted by molar-refractivity contribution is -0.0946. The fraction of sp³-hybridized carbons (Fsp3) is 1.00. The molecule has 0 saturated heterocycles. The van der Waals surface area contributed by atoms with Gasteiger partial charge < -0.3 is 0 Å². The first-order chi connectivity index (χ1) is 51.9. The summed E-state index contributed by atoms with van der Waals surface area (Å²) in [5.74, 6) is 5.10. The van der Waals surface area contributed by atoms with Crippen LogP contribution in [-0.4, -0.2) is 39.7 Å². The molecular weight excluding hydrogens is 1450 g/mol. The standard InChI is InChI=1S/C16H33F.C14H29F.2C12H25F.C9H17F.C9H20.C7H13F.2C7H16.C6H11F.C6H14.C5H12/c1-10(2)14(11(3)4)16(9,17)15(12(5)6)13(7)8;1-8-12(5,9-2)14(7,15)13(6,10-3)11-4;1-8(2)11(9(3)4)12(7,13)10(5)6;1-6-10(7-2)12(5,13)11(8-3)9-4;1-8(2)4-6-9(3,10)7-5-8;1-6-8(7-2)9(3,4)5;1-7(8)5-3-2-4-6-7;1-6(2)7(3,4)5;1-5-6-7(2,3)4;1-6(7)4-2-3-5-6;1-5-6(2,3)4;1-5(2,3)4/h10-15H,1-9H3;8-11H2,1-7H3;8-11H,1-7H3;10-11H,6-9H2,1-5H3;4-7H2,1-3H3;8H,6-7H2,1-5H3;2-6H2,1H3;6H,1-5H3;5-6H2,1-4H3;2-5H2,1H3;5H2,1-4H3;1-4H3/t;;12-;;;;;;;;;/m..0........./s1. The summed E-state index contributed by atoms with van der Waals surface area (Å²) in [7, 11) is 0. The molecule has 3 aliphatic rings. The van der Waals surface area contributed by atoms with Crippen molar-refractivity contribution in [1.29, 1.82) is 0 Å². The van der Waals surface area contributed by atoms with Crippen molar-refractivity contribution in [3.63, 3.8) is 0 Å². The van der Waals surface area contributed by atoms with E-state index in [2.05, 4.69) is 318 Å². The van der Waals surface area contributed by atoms with Crippen molar-refractivity contribution in [2.45, 2.75) is 587 Å². The highest BCUT2D eigenvalue weighted by Gasteiger charge is 2.54. The van der Waals surface area contributed by atoms with Crippen molar-refractivity contribution in [3.8, 4) is 0 Å². The van der Waals surface area contributed by atoms with E-state index in [9.17, 15) is 22.0 Å². The third-order valence-corrected chi connectivity index (χ3v) is 28.5. The molecule has 3 aliphatic carbocycles. The molecule has 0 aliphatic heterocycles. The van der Waals surface area contributed by atoms with Crippen LogP contribution >= 0.6 is 0 Å². The summed E-state index contributed by atoms with van der Waals surface area (Å²) in [5.41, 5.74) is -4.06. The molecule has 0 nitrogen and oxygen atoms in total. The summed E-state index contributed by atoms with van der Waals surface area (Å²) < 4.78 is 98.1. The first-order valence-corrected chi connectivity index (χ1v) is 49.8. The Labute approximate surface area is 740 Å². The van der Waals surface area contributed by atoms with Crippen LogP contribution in [0, 0.1) is 126 Å². The molecule has 0 aromatic carbocycles. The van der Waals surface area contributed by atoms with Crippen molar-refractivity contribution in [3.05, 3.63) is 0 Å². The Bertz CT molecular complexity index is 2090. The van der Waals surface area contributed by atoms with Gasteiger partial charge in [-0.1, -0.05) is 416 Å². The molecule has 3 fully saturated rings. The molecule has 0 aromatic rings. The molecule has 720 valence electrons. The van der Waals surface area contributed by atoms with Crippen molar-refractivity contribution in [2.24, 2.45) is 126 Å². The summed E-state index contributed by atoms with van der Waals surface area (Å²) in [6, 6.07) is 0. The second-order valence-electron chi connectivity index (χ2n) is 49.0. The van der Waals surface area contributed by atoms with Gasteiger partial charge in [-0.05, 0) is 247 Å². The van der Waals surface area contributed by atoms with Crippen LogP contribution in [0.3, 0.4) is 0 Å². The van der Waals surface area contributed by atoms with Crippen molar-refractivity contribution in [2.75, 3.05) is 0 Å². The maximum absolute atomic E-state index is 15.4. The molecule has 0 heterocycles. The lowest BCUT2D eigenvalue weighted by Gasteiger charge is -2.51. The van der Waals surface area contributed by atoms with E-state index >= 15 is 8.78 Å². The SMILES string of the molecule is CC(C)(C)C.CC(C)C(C(C)C)C(C)(F)C(C(C)C)C(C)C.CC(C)C(C(C)C)[C@@](C)(F)C(C)C.CC(C)C(C)(C)C.CC1(C)CCC(C)(F)CC1.CC1(F)CCCC1.CC1(F)CCCCC1.CCC(C)(C)C.CCC(C)(CC)C(C)(F)C(C)(CC)CC.CCC(CC)C(C)(C)C.CCC(CC)C(C)(F)C(CC)CC.CCCC(C)(C)C. The number of halogens is 7. The monoisotopic (exact) mass is 1690 g/mol. The van der Waals surface area contributed by atoms with Crippen LogP contribution < -0.4 is 0 Å². The Hall–Kier alpha value is -0.490. The molecule has 0 bridgehead atoms. The van der Waals surface area contributed by atoms with Crippen molar-refractivity contribution < 1.29 is 30.7 Å². The van der Waals surface area contributed by atoms with Gasteiger partial charge in [0.2, 0.25) is 0 Å². The van der Waals surface area contributed by atoms with Crippen LogP contribution in [0.1, 0.15) is 548 Å². The Morgan fingerprint density at radius 1 is 0.265 bits per heavy atom. The molecule has 3 rings (SSSR count). The summed E-state index contributed by atoms with van der Waals surface area (Å²) in [5, 5.41) is 0. The second kappa shape index (κ2) is 61.1. The van der Waals surface area contributed by atoms with Crippen LogP contribution in [0.2, 0.25) is 0 Å². The number of hydrogen-bond acceptors (Lipinski definition) is 0. The van der Waals surface area contributed by atoms with E-state index in [-0.39, 0.29) is 46.3 Å². The topological polar surface area (TPSA) is 0 Å². The van der Waals surface area contributed by atoms with Gasteiger partial charge in [0.25, 0.3) is 0 Å². The Balaban J connectivity index is -0.000000158. The van der Waals surface area contributed by atoms with E-state index in [1.54, 1.807) is 34.6 Å². The summed E-state index contributed by atoms with van der Waals surface area (Å²) >= 11 is 0. The molecule has 117 heavy (non-hydrogen) atoms. The molecule has 7 heteroatoms. The zero-order chi connectivity index (χ0) is 96.0. The van der Waals surface area contributed by atoms with Crippen molar-refractivity contribution in [1.82, 2.24) is 0 Å². The minimum absolute atomic E-state index is 0.0994. The first-order valence-electron chi connectivity index (χ1n) is 49.8. The molecule has 1 atom stereocenters. The lowest BCUT2D eigenvalue weighted by atomic mass is 9.57. The summed E-state index contributed by atoms with van der Waals surface area (Å²) in [6.07, 6.45) is 26.3. The summed E-state index contributed by atoms with van der Waals surface area (Å²) in [6.45, 7) is 117. The van der Waals surface area contributed by atoms with Gasteiger partial charge in [-0.2, -0.15) is 0 Å². The van der Waals surface area contributed by atoms with Crippen LogP contribution in [0.5, 0.6) is 0 Å². The number of rotatable bonds is 25. The van der Waals surface area contributed by atoms with Crippen LogP contribution in [0.15, 0.2) is 0 Å². The minimum atomic E-state index is -1.09. The Kier molecular flexibility index (Phi) is 70.2. The van der Waals surface area contributed by atoms with Gasteiger partial charge in [0, 0.05) is 10.8 Å². The quantitative estimate of drug-likeness (QED) is 0.0799. The van der Waals surface area contributed by atoms with E-state index in [1.807, 2.05) is 27.7 Å².